The quantitative estimate of drug-likeness (QED) is 0.800. The van der Waals surface area contributed by atoms with Crippen molar-refractivity contribution in [2.24, 2.45) is 11.8 Å². The molecule has 1 aliphatic heterocycles. The molecule has 1 N–H and O–H groups in total. The van der Waals surface area contributed by atoms with E-state index in [0.29, 0.717) is 0 Å². The van der Waals surface area contributed by atoms with Gasteiger partial charge < -0.3 is 10.0 Å². The fraction of sp³-hybridized carbons (Fsp3) is 0.562. The molecule has 1 aliphatic rings. The van der Waals surface area contributed by atoms with Gasteiger partial charge in [0.05, 0.1) is 5.92 Å². The number of benzene rings is 1. The number of unbranched alkanes of at least 4 members (excludes halogenated alkanes) is 1. The zero-order valence-electron chi connectivity index (χ0n) is 11.6. The predicted octanol–water partition coefficient (Wildman–Crippen LogP) is 2.66. The minimum atomic E-state index is -0.640. The molecule has 1 heterocycles. The lowest BCUT2D eigenvalue weighted by atomic mass is 9.99. The lowest BCUT2D eigenvalue weighted by Gasteiger charge is -2.14. The third kappa shape index (κ3) is 4.06. The number of carbonyl (C=O) groups is 1. The average Bonchev–Trinajstić information content (AvgIpc) is 2.77. The summed E-state index contributed by atoms with van der Waals surface area (Å²) in [5.74, 6) is -0.528. The van der Waals surface area contributed by atoms with Crippen molar-refractivity contribution in [1.29, 1.82) is 0 Å². The van der Waals surface area contributed by atoms with Gasteiger partial charge in [0.25, 0.3) is 0 Å². The van der Waals surface area contributed by atoms with Gasteiger partial charge in [0, 0.05) is 13.1 Å². The summed E-state index contributed by atoms with van der Waals surface area (Å²) in [6, 6.07) is 10.5. The number of aryl methyl sites for hydroxylation is 1. The second-order valence-corrected chi connectivity index (χ2v) is 5.62. The Bertz CT molecular complexity index is 404. The minimum absolute atomic E-state index is 0.172. The summed E-state index contributed by atoms with van der Waals surface area (Å²) in [5.41, 5.74) is 1.39. The van der Waals surface area contributed by atoms with Gasteiger partial charge in [-0.2, -0.15) is 0 Å². The molecule has 1 fully saturated rings. The fourth-order valence-electron chi connectivity index (χ4n) is 2.88. The molecule has 0 aliphatic carbocycles. The summed E-state index contributed by atoms with van der Waals surface area (Å²) >= 11 is 0. The molecule has 0 saturated carbocycles. The molecule has 104 valence electrons. The first-order chi connectivity index (χ1) is 9.16. The van der Waals surface area contributed by atoms with Crippen LogP contribution >= 0.6 is 0 Å². The SMILES string of the molecule is CC1CN(CCCCc2ccccc2)CC1C(=O)O. The Labute approximate surface area is 115 Å². The zero-order valence-corrected chi connectivity index (χ0v) is 11.6. The van der Waals surface area contributed by atoms with Gasteiger partial charge in [0.15, 0.2) is 0 Å². The van der Waals surface area contributed by atoms with E-state index in [-0.39, 0.29) is 11.8 Å². The van der Waals surface area contributed by atoms with Gasteiger partial charge in [0.1, 0.15) is 0 Å². The molecule has 1 saturated heterocycles. The Kier molecular flexibility index (Phi) is 4.97. The van der Waals surface area contributed by atoms with E-state index in [9.17, 15) is 4.79 Å². The number of hydrogen-bond donors (Lipinski definition) is 1. The Hall–Kier alpha value is -1.35. The summed E-state index contributed by atoms with van der Waals surface area (Å²) in [4.78, 5) is 13.3. The number of carboxylic acid groups (broad SMARTS) is 1. The zero-order chi connectivity index (χ0) is 13.7. The van der Waals surface area contributed by atoms with Crippen molar-refractivity contribution in [3.05, 3.63) is 35.9 Å². The smallest absolute Gasteiger partial charge is 0.308 e. The molecule has 2 rings (SSSR count). The predicted molar refractivity (Wildman–Crippen MR) is 76.1 cm³/mol. The van der Waals surface area contributed by atoms with E-state index in [1.165, 1.54) is 12.0 Å². The van der Waals surface area contributed by atoms with Crippen LogP contribution in [0.15, 0.2) is 30.3 Å². The first-order valence-electron chi connectivity index (χ1n) is 7.16. The average molecular weight is 261 g/mol. The normalized spacial score (nSPS) is 23.6. The molecule has 3 nitrogen and oxygen atoms in total. The monoisotopic (exact) mass is 261 g/mol. The number of aliphatic carboxylic acids is 1. The number of hydrogen-bond acceptors (Lipinski definition) is 2. The van der Waals surface area contributed by atoms with Crippen LogP contribution in [0.25, 0.3) is 0 Å². The number of rotatable bonds is 6. The van der Waals surface area contributed by atoms with Gasteiger partial charge in [0.2, 0.25) is 0 Å². The van der Waals surface area contributed by atoms with Crippen molar-refractivity contribution in [3.63, 3.8) is 0 Å². The van der Waals surface area contributed by atoms with Crippen LogP contribution in [-0.2, 0) is 11.2 Å². The fourth-order valence-corrected chi connectivity index (χ4v) is 2.88. The maximum atomic E-state index is 11.0. The van der Waals surface area contributed by atoms with Crippen molar-refractivity contribution in [2.75, 3.05) is 19.6 Å². The Morgan fingerprint density at radius 3 is 2.63 bits per heavy atom. The van der Waals surface area contributed by atoms with Crippen molar-refractivity contribution in [1.82, 2.24) is 4.90 Å². The van der Waals surface area contributed by atoms with E-state index in [1.54, 1.807) is 0 Å². The summed E-state index contributed by atoms with van der Waals surface area (Å²) in [6.45, 7) is 4.73. The summed E-state index contributed by atoms with van der Waals surface area (Å²) in [7, 11) is 0. The molecule has 0 aromatic heterocycles. The standard InChI is InChI=1S/C16H23NO2/c1-13-11-17(12-15(13)16(18)19)10-6-5-9-14-7-3-2-4-8-14/h2-4,7-8,13,15H,5-6,9-12H2,1H3,(H,18,19). The number of carboxylic acids is 1. The highest BCUT2D eigenvalue weighted by molar-refractivity contribution is 5.71. The minimum Gasteiger partial charge on any atom is -0.481 e. The molecule has 0 spiro atoms. The van der Waals surface area contributed by atoms with Crippen LogP contribution in [0, 0.1) is 11.8 Å². The van der Waals surface area contributed by atoms with E-state index < -0.39 is 5.97 Å². The molecule has 3 heteroatoms. The summed E-state index contributed by atoms with van der Waals surface area (Å²) < 4.78 is 0. The highest BCUT2D eigenvalue weighted by Gasteiger charge is 2.34. The molecule has 1 aromatic carbocycles. The van der Waals surface area contributed by atoms with E-state index >= 15 is 0 Å². The van der Waals surface area contributed by atoms with Crippen molar-refractivity contribution < 1.29 is 9.90 Å². The first-order valence-corrected chi connectivity index (χ1v) is 7.16. The molecular weight excluding hydrogens is 238 g/mol. The number of nitrogens with zero attached hydrogens (tertiary/aromatic N) is 1. The maximum absolute atomic E-state index is 11.0. The van der Waals surface area contributed by atoms with Gasteiger partial charge in [-0.1, -0.05) is 37.3 Å². The van der Waals surface area contributed by atoms with Crippen molar-refractivity contribution in [2.45, 2.75) is 26.2 Å². The van der Waals surface area contributed by atoms with E-state index in [4.69, 9.17) is 5.11 Å². The van der Waals surface area contributed by atoms with Crippen LogP contribution in [0.1, 0.15) is 25.3 Å². The van der Waals surface area contributed by atoms with E-state index in [1.807, 2.05) is 13.0 Å². The van der Waals surface area contributed by atoms with E-state index in [0.717, 1.165) is 32.5 Å². The first kappa shape index (κ1) is 14.1. The van der Waals surface area contributed by atoms with Crippen molar-refractivity contribution in [3.8, 4) is 0 Å². The maximum Gasteiger partial charge on any atom is 0.308 e. The second kappa shape index (κ2) is 6.71. The largest absolute Gasteiger partial charge is 0.481 e. The van der Waals surface area contributed by atoms with Crippen molar-refractivity contribution >= 4 is 5.97 Å². The summed E-state index contributed by atoms with van der Waals surface area (Å²) in [5, 5.41) is 9.10. The van der Waals surface area contributed by atoms with Gasteiger partial charge in [-0.05, 0) is 37.3 Å². The molecule has 19 heavy (non-hydrogen) atoms. The van der Waals surface area contributed by atoms with Gasteiger partial charge >= 0.3 is 5.97 Å². The number of likely N-dealkylation sites (tertiary alicyclic amines) is 1. The van der Waals surface area contributed by atoms with Gasteiger partial charge in [-0.25, -0.2) is 0 Å². The second-order valence-electron chi connectivity index (χ2n) is 5.62. The molecule has 0 amide bonds. The van der Waals surface area contributed by atoms with Crippen LogP contribution < -0.4 is 0 Å². The molecule has 0 radical (unpaired) electrons. The topological polar surface area (TPSA) is 40.5 Å². The Balaban J connectivity index is 1.66. The van der Waals surface area contributed by atoms with Crippen LogP contribution in [0.2, 0.25) is 0 Å². The summed E-state index contributed by atoms with van der Waals surface area (Å²) in [6.07, 6.45) is 3.44. The highest BCUT2D eigenvalue weighted by atomic mass is 16.4. The van der Waals surface area contributed by atoms with Crippen LogP contribution in [0.5, 0.6) is 0 Å². The van der Waals surface area contributed by atoms with Crippen LogP contribution in [0.3, 0.4) is 0 Å². The lowest BCUT2D eigenvalue weighted by Crippen LogP contribution is -2.24. The Morgan fingerprint density at radius 1 is 1.26 bits per heavy atom. The van der Waals surface area contributed by atoms with Crippen LogP contribution in [0.4, 0.5) is 0 Å². The van der Waals surface area contributed by atoms with Gasteiger partial charge in [-0.3, -0.25) is 4.79 Å². The van der Waals surface area contributed by atoms with E-state index in [2.05, 4.69) is 29.2 Å². The lowest BCUT2D eigenvalue weighted by molar-refractivity contribution is -0.142. The molecule has 2 unspecified atom stereocenters. The Morgan fingerprint density at radius 2 is 2.00 bits per heavy atom. The highest BCUT2D eigenvalue weighted by Crippen LogP contribution is 2.23. The third-order valence-electron chi connectivity index (χ3n) is 4.04. The van der Waals surface area contributed by atoms with Crippen LogP contribution in [-0.4, -0.2) is 35.6 Å². The molecule has 0 bridgehead atoms. The van der Waals surface area contributed by atoms with Gasteiger partial charge in [-0.15, -0.1) is 0 Å². The molecule has 2 atom stereocenters. The molecule has 1 aromatic rings. The molecular formula is C16H23NO2. The third-order valence-corrected chi connectivity index (χ3v) is 4.04.